The smallest absolute Gasteiger partial charge is 0.230 e. The number of aliphatic hydroxyl groups excluding tert-OH is 1. The van der Waals surface area contributed by atoms with Crippen molar-refractivity contribution >= 4 is 0 Å². The van der Waals surface area contributed by atoms with E-state index in [1.165, 1.54) is 0 Å². The van der Waals surface area contributed by atoms with Crippen molar-refractivity contribution in [3.8, 4) is 0 Å². The Morgan fingerprint density at radius 2 is 2.12 bits per heavy atom. The van der Waals surface area contributed by atoms with Crippen molar-refractivity contribution in [1.29, 1.82) is 0 Å². The molecule has 1 aromatic heterocycles. The van der Waals surface area contributed by atoms with Crippen molar-refractivity contribution in [3.05, 3.63) is 11.8 Å². The highest BCUT2D eigenvalue weighted by molar-refractivity contribution is 4.87. The van der Waals surface area contributed by atoms with Crippen molar-refractivity contribution in [2.45, 2.75) is 26.3 Å². The summed E-state index contributed by atoms with van der Waals surface area (Å²) in [6.07, 6.45) is 0. The fraction of sp³-hybridized carbons (Fsp3) is 0.818. The van der Waals surface area contributed by atoms with Gasteiger partial charge in [-0.05, 0) is 0 Å². The van der Waals surface area contributed by atoms with Gasteiger partial charge < -0.3 is 14.3 Å². The highest BCUT2D eigenvalue weighted by Gasteiger charge is 2.13. The third-order valence-corrected chi connectivity index (χ3v) is 2.36. The Kier molecular flexibility index (Phi) is 6.10. The molecule has 0 bridgehead atoms. The quantitative estimate of drug-likeness (QED) is 0.722. The van der Waals surface area contributed by atoms with Gasteiger partial charge in [-0.2, -0.15) is 0 Å². The van der Waals surface area contributed by atoms with E-state index < -0.39 is 0 Å². The fourth-order valence-corrected chi connectivity index (χ4v) is 1.39. The lowest BCUT2D eigenvalue weighted by Gasteiger charge is -2.18. The zero-order valence-electron chi connectivity index (χ0n) is 10.7. The number of hydrogen-bond acceptors (Lipinski definition) is 6. The summed E-state index contributed by atoms with van der Waals surface area (Å²) in [4.78, 5) is 2.02. The van der Waals surface area contributed by atoms with E-state index in [9.17, 15) is 0 Å². The highest BCUT2D eigenvalue weighted by Crippen LogP contribution is 2.12. The molecule has 0 aliphatic carbocycles. The molecule has 1 aromatic rings. The molecule has 6 nitrogen and oxygen atoms in total. The van der Waals surface area contributed by atoms with Crippen molar-refractivity contribution < 1.29 is 14.3 Å². The Hall–Kier alpha value is -0.980. The first kappa shape index (κ1) is 14.1. The molecule has 0 aromatic carbocycles. The molecule has 0 atom stereocenters. The molecule has 1 N–H and O–H groups in total. The Morgan fingerprint density at radius 1 is 1.35 bits per heavy atom. The van der Waals surface area contributed by atoms with Crippen LogP contribution in [0.2, 0.25) is 0 Å². The van der Waals surface area contributed by atoms with Crippen LogP contribution in [0.1, 0.15) is 31.5 Å². The molecule has 0 spiro atoms. The summed E-state index contributed by atoms with van der Waals surface area (Å²) in [7, 11) is 1.65. The van der Waals surface area contributed by atoms with Gasteiger partial charge in [-0.25, -0.2) is 0 Å². The molecule has 0 fully saturated rings. The van der Waals surface area contributed by atoms with E-state index in [2.05, 4.69) is 10.2 Å². The van der Waals surface area contributed by atoms with Crippen LogP contribution in [-0.4, -0.2) is 53.6 Å². The van der Waals surface area contributed by atoms with Crippen molar-refractivity contribution in [2.24, 2.45) is 0 Å². The van der Waals surface area contributed by atoms with E-state index in [-0.39, 0.29) is 12.5 Å². The second-order valence-corrected chi connectivity index (χ2v) is 4.18. The SMILES string of the molecule is COCCN(CCO)Cc1nnc(C(C)C)o1. The minimum absolute atomic E-state index is 0.106. The van der Waals surface area contributed by atoms with E-state index in [1.54, 1.807) is 7.11 Å². The Bertz CT molecular complexity index is 315. The normalized spacial score (nSPS) is 11.6. The first-order valence-electron chi connectivity index (χ1n) is 5.81. The molecule has 0 unspecified atom stereocenters. The number of aliphatic hydroxyl groups is 1. The Balaban J connectivity index is 2.52. The van der Waals surface area contributed by atoms with Crippen LogP contribution in [0.25, 0.3) is 0 Å². The van der Waals surface area contributed by atoms with Crippen LogP contribution in [0.5, 0.6) is 0 Å². The van der Waals surface area contributed by atoms with Gasteiger partial charge in [0.15, 0.2) is 0 Å². The second-order valence-electron chi connectivity index (χ2n) is 4.18. The van der Waals surface area contributed by atoms with Gasteiger partial charge in [0.1, 0.15) is 0 Å². The number of ether oxygens (including phenoxy) is 1. The van der Waals surface area contributed by atoms with Gasteiger partial charge in [-0.1, -0.05) is 13.8 Å². The first-order chi connectivity index (χ1) is 8.17. The number of rotatable bonds is 8. The van der Waals surface area contributed by atoms with Gasteiger partial charge in [-0.15, -0.1) is 10.2 Å². The molecule has 1 heterocycles. The summed E-state index contributed by atoms with van der Waals surface area (Å²) in [5.41, 5.74) is 0. The lowest BCUT2D eigenvalue weighted by molar-refractivity contribution is 0.120. The molecule has 1 rings (SSSR count). The van der Waals surface area contributed by atoms with E-state index >= 15 is 0 Å². The number of hydrogen-bond donors (Lipinski definition) is 1. The maximum Gasteiger partial charge on any atom is 0.230 e. The van der Waals surface area contributed by atoms with Crippen LogP contribution in [0.15, 0.2) is 4.42 Å². The molecule has 0 aliphatic heterocycles. The van der Waals surface area contributed by atoms with Crippen LogP contribution in [-0.2, 0) is 11.3 Å². The predicted molar refractivity (Wildman–Crippen MR) is 62.6 cm³/mol. The van der Waals surface area contributed by atoms with Crippen LogP contribution in [0, 0.1) is 0 Å². The van der Waals surface area contributed by atoms with Crippen LogP contribution < -0.4 is 0 Å². The largest absolute Gasteiger partial charge is 0.424 e. The summed E-state index contributed by atoms with van der Waals surface area (Å²) in [6, 6.07) is 0. The summed E-state index contributed by atoms with van der Waals surface area (Å²) in [5.74, 6) is 1.47. The number of nitrogens with zero attached hydrogens (tertiary/aromatic N) is 3. The number of aromatic nitrogens is 2. The van der Waals surface area contributed by atoms with Crippen molar-refractivity contribution in [2.75, 3.05) is 33.4 Å². The topological polar surface area (TPSA) is 71.6 Å². The van der Waals surface area contributed by atoms with E-state index in [0.29, 0.717) is 31.5 Å². The fourth-order valence-electron chi connectivity index (χ4n) is 1.39. The monoisotopic (exact) mass is 243 g/mol. The predicted octanol–water partition coefficient (Wildman–Crippen LogP) is 0.634. The molecule has 6 heteroatoms. The van der Waals surface area contributed by atoms with Crippen molar-refractivity contribution in [1.82, 2.24) is 15.1 Å². The molecule has 0 amide bonds. The summed E-state index contributed by atoms with van der Waals surface area (Å²) in [5, 5.41) is 16.9. The molecule has 0 saturated carbocycles. The lowest BCUT2D eigenvalue weighted by Crippen LogP contribution is -2.30. The Morgan fingerprint density at radius 3 is 2.65 bits per heavy atom. The summed E-state index contributed by atoms with van der Waals surface area (Å²) < 4.78 is 10.5. The van der Waals surface area contributed by atoms with Gasteiger partial charge in [0.2, 0.25) is 11.8 Å². The highest BCUT2D eigenvalue weighted by atomic mass is 16.5. The van der Waals surface area contributed by atoms with E-state index in [4.69, 9.17) is 14.3 Å². The molecular formula is C11H21N3O3. The average Bonchev–Trinajstić information content (AvgIpc) is 2.75. The van der Waals surface area contributed by atoms with Gasteiger partial charge in [0, 0.05) is 26.1 Å². The molecular weight excluding hydrogens is 222 g/mol. The van der Waals surface area contributed by atoms with Gasteiger partial charge >= 0.3 is 0 Å². The van der Waals surface area contributed by atoms with Crippen molar-refractivity contribution in [3.63, 3.8) is 0 Å². The average molecular weight is 243 g/mol. The molecule has 98 valence electrons. The summed E-state index contributed by atoms with van der Waals surface area (Å²) in [6.45, 7) is 6.59. The van der Waals surface area contributed by atoms with Gasteiger partial charge in [0.05, 0.1) is 19.8 Å². The van der Waals surface area contributed by atoms with Gasteiger partial charge in [-0.3, -0.25) is 4.90 Å². The van der Waals surface area contributed by atoms with Crippen LogP contribution >= 0.6 is 0 Å². The first-order valence-corrected chi connectivity index (χ1v) is 5.81. The standard InChI is InChI=1S/C11H21N3O3/c1-9(2)11-13-12-10(17-11)8-14(4-6-15)5-7-16-3/h9,15H,4-8H2,1-3H3. The minimum atomic E-state index is 0.106. The molecule has 0 saturated heterocycles. The molecule has 0 aliphatic rings. The minimum Gasteiger partial charge on any atom is -0.424 e. The molecule has 17 heavy (non-hydrogen) atoms. The third kappa shape index (κ3) is 4.80. The van der Waals surface area contributed by atoms with Crippen LogP contribution in [0.4, 0.5) is 0 Å². The summed E-state index contributed by atoms with van der Waals surface area (Å²) >= 11 is 0. The maximum atomic E-state index is 8.96. The van der Waals surface area contributed by atoms with Gasteiger partial charge in [0.25, 0.3) is 0 Å². The molecule has 0 radical (unpaired) electrons. The van der Waals surface area contributed by atoms with Crippen LogP contribution in [0.3, 0.4) is 0 Å². The lowest BCUT2D eigenvalue weighted by atomic mass is 10.2. The maximum absolute atomic E-state index is 8.96. The second kappa shape index (κ2) is 7.37. The Labute approximate surface area is 102 Å². The zero-order valence-corrected chi connectivity index (χ0v) is 10.7. The zero-order chi connectivity index (χ0) is 12.7. The van der Waals surface area contributed by atoms with E-state index in [0.717, 1.165) is 6.54 Å². The van der Waals surface area contributed by atoms with E-state index in [1.807, 2.05) is 18.7 Å². The number of methoxy groups -OCH3 is 1. The third-order valence-electron chi connectivity index (χ3n) is 2.36.